The summed E-state index contributed by atoms with van der Waals surface area (Å²) in [4.78, 5) is 16.4. The van der Waals surface area contributed by atoms with Crippen LogP contribution in [-0.4, -0.2) is 10.9 Å². The number of thiazole rings is 1. The Hall–Kier alpha value is -2.67. The Balaban J connectivity index is 1.60. The van der Waals surface area contributed by atoms with Crippen LogP contribution in [0.4, 0.5) is 13.2 Å². The molecule has 0 spiro atoms. The molecule has 2 aromatic carbocycles. The van der Waals surface area contributed by atoms with Gasteiger partial charge in [0.25, 0.3) is 0 Å². The van der Waals surface area contributed by atoms with Crippen LogP contribution in [-0.2, 0) is 23.9 Å². The Morgan fingerprint density at radius 1 is 1.04 bits per heavy atom. The van der Waals surface area contributed by atoms with Crippen molar-refractivity contribution in [2.45, 2.75) is 19.1 Å². The fraction of sp³-hybridized carbons (Fsp3) is 0.158. The van der Waals surface area contributed by atoms with Crippen molar-refractivity contribution in [1.82, 2.24) is 10.3 Å². The quantitative estimate of drug-likeness (QED) is 0.702. The maximum Gasteiger partial charge on any atom is 0.416 e. The van der Waals surface area contributed by atoms with Gasteiger partial charge in [0.05, 0.1) is 17.7 Å². The fourth-order valence-corrected chi connectivity index (χ4v) is 3.17. The van der Waals surface area contributed by atoms with Gasteiger partial charge in [-0.1, -0.05) is 42.5 Å². The van der Waals surface area contributed by atoms with Crippen molar-refractivity contribution in [1.29, 1.82) is 0 Å². The zero-order valence-corrected chi connectivity index (χ0v) is 14.4. The summed E-state index contributed by atoms with van der Waals surface area (Å²) in [5.74, 6) is -0.155. The van der Waals surface area contributed by atoms with Crippen molar-refractivity contribution in [3.8, 4) is 10.6 Å². The molecule has 7 heteroatoms. The van der Waals surface area contributed by atoms with Crippen molar-refractivity contribution in [3.63, 3.8) is 0 Å². The van der Waals surface area contributed by atoms with Gasteiger partial charge in [-0.3, -0.25) is 4.79 Å². The van der Waals surface area contributed by atoms with Crippen molar-refractivity contribution in [2.75, 3.05) is 0 Å². The van der Waals surface area contributed by atoms with Crippen LogP contribution in [0.3, 0.4) is 0 Å². The number of alkyl halides is 3. The number of halogens is 3. The monoisotopic (exact) mass is 376 g/mol. The third-order valence-corrected chi connectivity index (χ3v) is 4.63. The summed E-state index contributed by atoms with van der Waals surface area (Å²) in [7, 11) is 0. The molecule has 0 unspecified atom stereocenters. The lowest BCUT2D eigenvalue weighted by molar-refractivity contribution is -0.137. The molecule has 1 amide bonds. The number of carbonyl (C=O) groups excluding carboxylic acids is 1. The third kappa shape index (κ3) is 4.70. The van der Waals surface area contributed by atoms with Crippen molar-refractivity contribution >= 4 is 17.2 Å². The number of nitrogens with zero attached hydrogens (tertiary/aromatic N) is 1. The Morgan fingerprint density at radius 3 is 2.38 bits per heavy atom. The summed E-state index contributed by atoms with van der Waals surface area (Å²) < 4.78 is 37.8. The lowest BCUT2D eigenvalue weighted by Gasteiger charge is -2.06. The van der Waals surface area contributed by atoms with Gasteiger partial charge in [0.1, 0.15) is 5.01 Å². The SMILES string of the molecule is O=C(Cc1csc(-c2ccc(C(F)(F)F)cc2)n1)NCc1ccccc1. The van der Waals surface area contributed by atoms with Crippen LogP contribution in [0.15, 0.2) is 60.0 Å². The molecule has 0 saturated heterocycles. The molecule has 1 heterocycles. The van der Waals surface area contributed by atoms with Gasteiger partial charge in [0.2, 0.25) is 5.91 Å². The molecule has 134 valence electrons. The predicted octanol–water partition coefficient (Wildman–Crippen LogP) is 4.69. The van der Waals surface area contributed by atoms with Gasteiger partial charge >= 0.3 is 6.18 Å². The van der Waals surface area contributed by atoms with Crippen LogP contribution >= 0.6 is 11.3 Å². The lowest BCUT2D eigenvalue weighted by Crippen LogP contribution is -2.24. The predicted molar refractivity (Wildman–Crippen MR) is 94.5 cm³/mol. The zero-order chi connectivity index (χ0) is 18.6. The van der Waals surface area contributed by atoms with Gasteiger partial charge in [-0.05, 0) is 17.7 Å². The van der Waals surface area contributed by atoms with Gasteiger partial charge in [-0.15, -0.1) is 11.3 Å². The molecule has 0 aliphatic carbocycles. The van der Waals surface area contributed by atoms with Crippen LogP contribution < -0.4 is 5.32 Å². The van der Waals surface area contributed by atoms with E-state index in [0.29, 0.717) is 22.8 Å². The average Bonchev–Trinajstić information content (AvgIpc) is 3.09. The number of carbonyl (C=O) groups is 1. The molecule has 0 atom stereocenters. The second kappa shape index (κ2) is 7.70. The molecule has 1 N–H and O–H groups in total. The van der Waals surface area contributed by atoms with E-state index in [1.165, 1.54) is 23.5 Å². The standard InChI is InChI=1S/C19H15F3N2OS/c20-19(21,22)15-8-6-14(7-9-15)18-24-16(12-26-18)10-17(25)23-11-13-4-2-1-3-5-13/h1-9,12H,10-11H2,(H,23,25). The molecule has 0 fully saturated rings. The molecule has 3 nitrogen and oxygen atoms in total. The molecule has 1 aromatic heterocycles. The average molecular weight is 376 g/mol. The minimum atomic E-state index is -4.36. The highest BCUT2D eigenvalue weighted by atomic mass is 32.1. The van der Waals surface area contributed by atoms with E-state index in [4.69, 9.17) is 0 Å². The molecule has 0 aliphatic rings. The molecule has 3 rings (SSSR count). The maximum absolute atomic E-state index is 12.6. The summed E-state index contributed by atoms with van der Waals surface area (Å²) in [6.07, 6.45) is -4.23. The van der Waals surface area contributed by atoms with Gasteiger partial charge in [0, 0.05) is 17.5 Å². The van der Waals surface area contributed by atoms with E-state index in [0.717, 1.165) is 17.7 Å². The van der Waals surface area contributed by atoms with Crippen LogP contribution in [0.2, 0.25) is 0 Å². The van der Waals surface area contributed by atoms with Crippen LogP contribution in [0.5, 0.6) is 0 Å². The van der Waals surface area contributed by atoms with E-state index < -0.39 is 11.7 Å². The van der Waals surface area contributed by atoms with Gasteiger partial charge in [0.15, 0.2) is 0 Å². The largest absolute Gasteiger partial charge is 0.416 e. The minimum absolute atomic E-state index is 0.129. The Bertz CT molecular complexity index is 874. The summed E-state index contributed by atoms with van der Waals surface area (Å²) in [6.45, 7) is 0.440. The topological polar surface area (TPSA) is 42.0 Å². The summed E-state index contributed by atoms with van der Waals surface area (Å²) in [5, 5.41) is 5.15. The molecule has 0 saturated carbocycles. The molecule has 0 radical (unpaired) electrons. The summed E-state index contributed by atoms with van der Waals surface area (Å²) in [5.41, 5.74) is 1.50. The molecule has 26 heavy (non-hydrogen) atoms. The number of hydrogen-bond donors (Lipinski definition) is 1. The molecular formula is C19H15F3N2OS. The number of rotatable bonds is 5. The molecular weight excluding hydrogens is 361 g/mol. The highest BCUT2D eigenvalue weighted by Crippen LogP contribution is 2.31. The molecule has 0 aliphatic heterocycles. The fourth-order valence-electron chi connectivity index (χ4n) is 2.35. The van der Waals surface area contributed by atoms with E-state index in [1.54, 1.807) is 5.38 Å². The van der Waals surface area contributed by atoms with E-state index in [2.05, 4.69) is 10.3 Å². The highest BCUT2D eigenvalue weighted by molar-refractivity contribution is 7.13. The lowest BCUT2D eigenvalue weighted by atomic mass is 10.1. The normalized spacial score (nSPS) is 11.3. The van der Waals surface area contributed by atoms with Crippen molar-refractivity contribution in [2.24, 2.45) is 0 Å². The molecule has 0 bridgehead atoms. The van der Waals surface area contributed by atoms with Gasteiger partial charge in [-0.25, -0.2) is 4.98 Å². The van der Waals surface area contributed by atoms with Crippen LogP contribution in [0, 0.1) is 0 Å². The van der Waals surface area contributed by atoms with E-state index in [-0.39, 0.29) is 12.3 Å². The maximum atomic E-state index is 12.6. The number of nitrogens with one attached hydrogen (secondary N) is 1. The third-order valence-electron chi connectivity index (χ3n) is 3.69. The number of amides is 1. The first-order valence-corrected chi connectivity index (χ1v) is 8.72. The van der Waals surface area contributed by atoms with Gasteiger partial charge < -0.3 is 5.32 Å². The first-order valence-electron chi connectivity index (χ1n) is 7.84. The smallest absolute Gasteiger partial charge is 0.352 e. The van der Waals surface area contributed by atoms with Crippen molar-refractivity contribution in [3.05, 3.63) is 76.8 Å². The zero-order valence-electron chi connectivity index (χ0n) is 13.6. The van der Waals surface area contributed by atoms with E-state index in [1.807, 2.05) is 30.3 Å². The van der Waals surface area contributed by atoms with E-state index in [9.17, 15) is 18.0 Å². The Morgan fingerprint density at radius 2 is 1.73 bits per heavy atom. The number of hydrogen-bond acceptors (Lipinski definition) is 3. The van der Waals surface area contributed by atoms with Gasteiger partial charge in [-0.2, -0.15) is 13.2 Å². The Kier molecular flexibility index (Phi) is 5.37. The molecule has 3 aromatic rings. The second-order valence-electron chi connectivity index (χ2n) is 5.66. The Labute approximate surface area is 152 Å². The van der Waals surface area contributed by atoms with E-state index >= 15 is 0 Å². The first kappa shape index (κ1) is 18.1. The highest BCUT2D eigenvalue weighted by Gasteiger charge is 2.30. The number of benzene rings is 2. The minimum Gasteiger partial charge on any atom is -0.352 e. The second-order valence-corrected chi connectivity index (χ2v) is 6.52. The number of aromatic nitrogens is 1. The van der Waals surface area contributed by atoms with Crippen LogP contribution in [0.25, 0.3) is 10.6 Å². The first-order chi connectivity index (χ1) is 12.4. The summed E-state index contributed by atoms with van der Waals surface area (Å²) >= 11 is 1.30. The summed E-state index contributed by atoms with van der Waals surface area (Å²) in [6, 6.07) is 14.4. The van der Waals surface area contributed by atoms with Crippen LogP contribution in [0.1, 0.15) is 16.8 Å². The van der Waals surface area contributed by atoms with Crippen molar-refractivity contribution < 1.29 is 18.0 Å².